The molecule has 0 saturated heterocycles. The third kappa shape index (κ3) is 3.37. The van der Waals surface area contributed by atoms with Gasteiger partial charge in [-0.2, -0.15) is 0 Å². The minimum Gasteiger partial charge on any atom is -0.325 e. The van der Waals surface area contributed by atoms with E-state index in [0.717, 1.165) is 0 Å². The van der Waals surface area contributed by atoms with Crippen molar-refractivity contribution in [2.75, 3.05) is 5.32 Å². The predicted molar refractivity (Wildman–Crippen MR) is 67.9 cm³/mol. The van der Waals surface area contributed by atoms with Crippen molar-refractivity contribution in [3.8, 4) is 0 Å². The topological polar surface area (TPSA) is 55.1 Å². The van der Waals surface area contributed by atoms with Gasteiger partial charge < -0.3 is 11.1 Å². The second-order valence-electron chi connectivity index (χ2n) is 3.89. The van der Waals surface area contributed by atoms with Crippen LogP contribution in [0.15, 0.2) is 18.2 Å². The Bertz CT molecular complexity index is 394. The van der Waals surface area contributed by atoms with Crippen molar-refractivity contribution in [1.29, 1.82) is 0 Å². The van der Waals surface area contributed by atoms with E-state index in [4.69, 9.17) is 28.9 Å². The first-order valence-electron chi connectivity index (χ1n) is 4.93. The molecule has 0 spiro atoms. The highest BCUT2D eigenvalue weighted by molar-refractivity contribution is 6.42. The highest BCUT2D eigenvalue weighted by atomic mass is 35.5. The van der Waals surface area contributed by atoms with Gasteiger partial charge in [-0.15, -0.1) is 0 Å². The molecular formula is C11H14Cl2N2O. The van der Waals surface area contributed by atoms with Crippen molar-refractivity contribution in [3.05, 3.63) is 28.2 Å². The Hall–Kier alpha value is -0.770. The number of hydrogen-bond donors (Lipinski definition) is 2. The molecule has 0 bridgehead atoms. The number of halogens is 2. The zero-order valence-corrected chi connectivity index (χ0v) is 10.6. The van der Waals surface area contributed by atoms with Gasteiger partial charge in [0, 0.05) is 5.69 Å². The molecule has 3 N–H and O–H groups in total. The zero-order chi connectivity index (χ0) is 12.3. The Morgan fingerprint density at radius 3 is 2.44 bits per heavy atom. The molecule has 88 valence electrons. The van der Waals surface area contributed by atoms with Gasteiger partial charge in [0.05, 0.1) is 16.1 Å². The fourth-order valence-corrected chi connectivity index (χ4v) is 1.40. The standard InChI is InChI=1S/C11H14Cl2N2O/c1-6(2)10(14)11(16)15-7-3-4-8(12)9(13)5-7/h3-6,10H,14H2,1-2H3,(H,15,16)/t10-/m1/s1. The average Bonchev–Trinajstić information content (AvgIpc) is 2.22. The van der Waals surface area contributed by atoms with Gasteiger partial charge in [-0.1, -0.05) is 37.0 Å². The maximum absolute atomic E-state index is 11.6. The summed E-state index contributed by atoms with van der Waals surface area (Å²) >= 11 is 11.6. The highest BCUT2D eigenvalue weighted by Crippen LogP contribution is 2.25. The number of amides is 1. The molecule has 0 aliphatic heterocycles. The molecule has 1 aromatic rings. The quantitative estimate of drug-likeness (QED) is 0.878. The third-order valence-electron chi connectivity index (χ3n) is 2.21. The number of anilines is 1. The van der Waals surface area contributed by atoms with E-state index in [1.54, 1.807) is 18.2 Å². The number of benzene rings is 1. The summed E-state index contributed by atoms with van der Waals surface area (Å²) in [6.45, 7) is 3.78. The second-order valence-corrected chi connectivity index (χ2v) is 4.70. The van der Waals surface area contributed by atoms with Gasteiger partial charge in [-0.3, -0.25) is 4.79 Å². The van der Waals surface area contributed by atoms with Crippen molar-refractivity contribution in [1.82, 2.24) is 0 Å². The van der Waals surface area contributed by atoms with E-state index in [9.17, 15) is 4.79 Å². The largest absolute Gasteiger partial charge is 0.325 e. The predicted octanol–water partition coefficient (Wildman–Crippen LogP) is 2.92. The Labute approximate surface area is 105 Å². The van der Waals surface area contributed by atoms with E-state index in [-0.39, 0.29) is 11.8 Å². The van der Waals surface area contributed by atoms with Crippen LogP contribution in [0.25, 0.3) is 0 Å². The summed E-state index contributed by atoms with van der Waals surface area (Å²) in [5.74, 6) is -0.142. The summed E-state index contributed by atoms with van der Waals surface area (Å²) in [4.78, 5) is 11.6. The summed E-state index contributed by atoms with van der Waals surface area (Å²) < 4.78 is 0. The molecular weight excluding hydrogens is 247 g/mol. The van der Waals surface area contributed by atoms with Gasteiger partial charge in [0.1, 0.15) is 0 Å². The van der Waals surface area contributed by atoms with Crippen LogP contribution in [0.2, 0.25) is 10.0 Å². The summed E-state index contributed by atoms with van der Waals surface area (Å²) in [5.41, 5.74) is 6.30. The van der Waals surface area contributed by atoms with E-state index in [0.29, 0.717) is 15.7 Å². The second kappa shape index (κ2) is 5.53. The Kier molecular flexibility index (Phi) is 4.59. The zero-order valence-electron chi connectivity index (χ0n) is 9.13. The van der Waals surface area contributed by atoms with E-state index in [2.05, 4.69) is 5.32 Å². The van der Waals surface area contributed by atoms with Crippen molar-refractivity contribution in [2.24, 2.45) is 11.7 Å². The van der Waals surface area contributed by atoms with Crippen molar-refractivity contribution >= 4 is 34.8 Å². The van der Waals surface area contributed by atoms with E-state index < -0.39 is 6.04 Å². The number of carbonyl (C=O) groups is 1. The molecule has 3 nitrogen and oxygen atoms in total. The summed E-state index contributed by atoms with van der Waals surface area (Å²) in [5, 5.41) is 3.54. The van der Waals surface area contributed by atoms with Crippen molar-refractivity contribution in [3.63, 3.8) is 0 Å². The molecule has 0 heterocycles. The van der Waals surface area contributed by atoms with Gasteiger partial charge >= 0.3 is 0 Å². The molecule has 0 aromatic heterocycles. The lowest BCUT2D eigenvalue weighted by Gasteiger charge is -2.15. The molecule has 1 amide bonds. The van der Waals surface area contributed by atoms with E-state index >= 15 is 0 Å². The lowest BCUT2D eigenvalue weighted by molar-refractivity contribution is -0.118. The molecule has 0 aliphatic carbocycles. The number of carbonyl (C=O) groups excluding carboxylic acids is 1. The molecule has 1 aromatic carbocycles. The minimum atomic E-state index is -0.533. The fourth-order valence-electron chi connectivity index (χ4n) is 1.10. The molecule has 16 heavy (non-hydrogen) atoms. The molecule has 5 heteroatoms. The summed E-state index contributed by atoms with van der Waals surface area (Å²) in [6.07, 6.45) is 0. The number of hydrogen-bond acceptors (Lipinski definition) is 2. The van der Waals surface area contributed by atoms with Crippen LogP contribution in [0.4, 0.5) is 5.69 Å². The van der Waals surface area contributed by atoms with E-state index in [1.165, 1.54) is 0 Å². The smallest absolute Gasteiger partial charge is 0.241 e. The van der Waals surface area contributed by atoms with Crippen molar-refractivity contribution in [2.45, 2.75) is 19.9 Å². The number of nitrogens with one attached hydrogen (secondary N) is 1. The lowest BCUT2D eigenvalue weighted by Crippen LogP contribution is -2.39. The van der Waals surface area contributed by atoms with Crippen LogP contribution in [0.1, 0.15) is 13.8 Å². The highest BCUT2D eigenvalue weighted by Gasteiger charge is 2.17. The average molecular weight is 261 g/mol. The van der Waals surface area contributed by atoms with Crippen LogP contribution >= 0.6 is 23.2 Å². The summed E-state index contributed by atoms with van der Waals surface area (Å²) in [6, 6.07) is 4.36. The van der Waals surface area contributed by atoms with Crippen molar-refractivity contribution < 1.29 is 4.79 Å². The maximum Gasteiger partial charge on any atom is 0.241 e. The number of nitrogens with two attached hydrogens (primary N) is 1. The molecule has 1 rings (SSSR count). The Morgan fingerprint density at radius 1 is 1.31 bits per heavy atom. The van der Waals surface area contributed by atoms with Gasteiger partial charge in [0.2, 0.25) is 5.91 Å². The van der Waals surface area contributed by atoms with Crippen LogP contribution < -0.4 is 11.1 Å². The Balaban J connectivity index is 2.74. The number of rotatable bonds is 3. The molecule has 0 radical (unpaired) electrons. The van der Waals surface area contributed by atoms with E-state index in [1.807, 2.05) is 13.8 Å². The SMILES string of the molecule is CC(C)[C@@H](N)C(=O)Nc1ccc(Cl)c(Cl)c1. The first-order chi connectivity index (χ1) is 7.41. The summed E-state index contributed by atoms with van der Waals surface area (Å²) in [7, 11) is 0. The molecule has 1 atom stereocenters. The monoisotopic (exact) mass is 260 g/mol. The van der Waals surface area contributed by atoms with Gasteiger partial charge in [0.15, 0.2) is 0 Å². The first kappa shape index (κ1) is 13.3. The van der Waals surface area contributed by atoms with Crippen LogP contribution in [-0.2, 0) is 4.79 Å². The van der Waals surface area contributed by atoms with Gasteiger partial charge in [-0.05, 0) is 24.1 Å². The third-order valence-corrected chi connectivity index (χ3v) is 2.95. The first-order valence-corrected chi connectivity index (χ1v) is 5.69. The molecule has 0 saturated carbocycles. The van der Waals surface area contributed by atoms with Gasteiger partial charge in [0.25, 0.3) is 0 Å². The lowest BCUT2D eigenvalue weighted by atomic mass is 10.1. The van der Waals surface area contributed by atoms with Crippen LogP contribution in [-0.4, -0.2) is 11.9 Å². The fraction of sp³-hybridized carbons (Fsp3) is 0.364. The van der Waals surface area contributed by atoms with Crippen LogP contribution in [0, 0.1) is 5.92 Å². The molecule has 0 unspecified atom stereocenters. The molecule has 0 fully saturated rings. The minimum absolute atomic E-state index is 0.0859. The van der Waals surface area contributed by atoms with Crippen LogP contribution in [0.5, 0.6) is 0 Å². The Morgan fingerprint density at radius 2 is 1.94 bits per heavy atom. The molecule has 0 aliphatic rings. The normalized spacial score (nSPS) is 12.6. The van der Waals surface area contributed by atoms with Crippen LogP contribution in [0.3, 0.4) is 0 Å². The maximum atomic E-state index is 11.6. The van der Waals surface area contributed by atoms with Gasteiger partial charge in [-0.25, -0.2) is 0 Å².